The van der Waals surface area contributed by atoms with E-state index in [-0.39, 0.29) is 18.3 Å². The Labute approximate surface area is 165 Å². The molecule has 0 aliphatic rings. The van der Waals surface area contributed by atoms with Gasteiger partial charge in [0.1, 0.15) is 12.4 Å². The normalized spacial score (nSPS) is 10.8. The highest BCUT2D eigenvalue weighted by molar-refractivity contribution is 7.71. The summed E-state index contributed by atoms with van der Waals surface area (Å²) < 4.78 is 18.4. The summed E-state index contributed by atoms with van der Waals surface area (Å²) in [4.78, 5) is 12.4. The Morgan fingerprint density at radius 1 is 1.00 bits per heavy atom. The van der Waals surface area contributed by atoms with Crippen molar-refractivity contribution in [3.63, 3.8) is 0 Å². The Balaban J connectivity index is 1.67. The first-order valence-electron chi connectivity index (χ1n) is 8.56. The fourth-order valence-corrected chi connectivity index (χ4v) is 3.09. The van der Waals surface area contributed by atoms with Gasteiger partial charge in [0.2, 0.25) is 10.7 Å². The number of carbonyl (C=O) groups excluding carboxylic acids is 1. The predicted molar refractivity (Wildman–Crippen MR) is 107 cm³/mol. The SMILES string of the molecule is O=C(Cn1nc(-c2ccccc2)n(-n2cccc2)c1=S)Nc1ccc(F)cc1. The molecule has 0 aliphatic heterocycles. The van der Waals surface area contributed by atoms with Gasteiger partial charge in [-0.3, -0.25) is 9.47 Å². The van der Waals surface area contributed by atoms with E-state index in [4.69, 9.17) is 12.2 Å². The monoisotopic (exact) mass is 393 g/mol. The Morgan fingerprint density at radius 2 is 1.68 bits per heavy atom. The average Bonchev–Trinajstić information content (AvgIpc) is 3.33. The fraction of sp³-hybridized carbons (Fsp3) is 0.0500. The number of aromatic nitrogens is 4. The molecular weight excluding hydrogens is 377 g/mol. The maximum atomic E-state index is 13.0. The Hall–Kier alpha value is -3.52. The molecule has 1 N–H and O–H groups in total. The number of benzene rings is 2. The third-order valence-electron chi connectivity index (χ3n) is 4.09. The maximum Gasteiger partial charge on any atom is 0.246 e. The van der Waals surface area contributed by atoms with Crippen LogP contribution in [-0.4, -0.2) is 25.0 Å². The molecule has 2 aromatic carbocycles. The Morgan fingerprint density at radius 3 is 2.36 bits per heavy atom. The lowest BCUT2D eigenvalue weighted by Crippen LogP contribution is -2.20. The summed E-state index contributed by atoms with van der Waals surface area (Å²) in [6, 6.07) is 19.0. The van der Waals surface area contributed by atoms with Gasteiger partial charge < -0.3 is 5.32 Å². The third kappa shape index (κ3) is 3.63. The van der Waals surface area contributed by atoms with E-state index < -0.39 is 0 Å². The molecule has 0 atom stereocenters. The van der Waals surface area contributed by atoms with Crippen molar-refractivity contribution in [3.05, 3.63) is 89.7 Å². The quantitative estimate of drug-likeness (QED) is 0.522. The van der Waals surface area contributed by atoms with Crippen molar-refractivity contribution in [1.82, 2.24) is 19.1 Å². The van der Waals surface area contributed by atoms with Crippen molar-refractivity contribution < 1.29 is 9.18 Å². The number of nitrogens with zero attached hydrogens (tertiary/aromatic N) is 4. The van der Waals surface area contributed by atoms with Crippen molar-refractivity contribution in [2.24, 2.45) is 0 Å². The summed E-state index contributed by atoms with van der Waals surface area (Å²) in [5.74, 6) is -0.0472. The van der Waals surface area contributed by atoms with Gasteiger partial charge >= 0.3 is 0 Å². The van der Waals surface area contributed by atoms with Gasteiger partial charge in [-0.1, -0.05) is 30.3 Å². The summed E-state index contributed by atoms with van der Waals surface area (Å²) in [5, 5.41) is 7.28. The van der Waals surface area contributed by atoms with Crippen LogP contribution in [0.5, 0.6) is 0 Å². The van der Waals surface area contributed by atoms with Gasteiger partial charge in [0.15, 0.2) is 5.82 Å². The van der Waals surface area contributed by atoms with Crippen molar-refractivity contribution >= 4 is 23.8 Å². The van der Waals surface area contributed by atoms with Crippen molar-refractivity contribution in [2.45, 2.75) is 6.54 Å². The molecule has 2 heterocycles. The molecule has 4 rings (SSSR count). The third-order valence-corrected chi connectivity index (χ3v) is 4.47. The highest BCUT2D eigenvalue weighted by Gasteiger charge is 2.16. The lowest BCUT2D eigenvalue weighted by atomic mass is 10.2. The second-order valence-electron chi connectivity index (χ2n) is 6.06. The van der Waals surface area contributed by atoms with E-state index in [0.717, 1.165) is 5.56 Å². The summed E-state index contributed by atoms with van der Waals surface area (Å²) >= 11 is 5.57. The Bertz CT molecular complexity index is 1150. The number of carbonyl (C=O) groups is 1. The number of nitrogens with one attached hydrogen (secondary N) is 1. The van der Waals surface area contributed by atoms with Crippen molar-refractivity contribution in [2.75, 3.05) is 5.32 Å². The first-order valence-corrected chi connectivity index (χ1v) is 8.97. The van der Waals surface area contributed by atoms with Crippen LogP contribution in [0.4, 0.5) is 10.1 Å². The number of anilines is 1. The van der Waals surface area contributed by atoms with Crippen LogP contribution in [0.1, 0.15) is 0 Å². The molecule has 6 nitrogen and oxygen atoms in total. The fourth-order valence-electron chi connectivity index (χ4n) is 2.81. The number of hydrogen-bond donors (Lipinski definition) is 1. The van der Waals surface area contributed by atoms with Crippen molar-refractivity contribution in [1.29, 1.82) is 0 Å². The van der Waals surface area contributed by atoms with Crippen LogP contribution in [0, 0.1) is 10.6 Å². The first kappa shape index (κ1) is 17.9. The molecule has 1 amide bonds. The maximum absolute atomic E-state index is 13.0. The molecule has 0 radical (unpaired) electrons. The molecule has 28 heavy (non-hydrogen) atoms. The Kier molecular flexibility index (Phi) is 4.86. The molecule has 0 unspecified atom stereocenters. The average molecular weight is 393 g/mol. The molecular formula is C20H16FN5OS. The van der Waals surface area contributed by atoms with E-state index in [2.05, 4.69) is 10.4 Å². The van der Waals surface area contributed by atoms with Crippen LogP contribution >= 0.6 is 12.2 Å². The molecule has 0 bridgehead atoms. The van der Waals surface area contributed by atoms with Gasteiger partial charge in [-0.2, -0.15) is 0 Å². The van der Waals surface area contributed by atoms with E-state index in [1.807, 2.05) is 59.5 Å². The largest absolute Gasteiger partial charge is 0.324 e. The number of hydrogen-bond acceptors (Lipinski definition) is 3. The molecule has 0 spiro atoms. The van der Waals surface area contributed by atoms with Crippen LogP contribution in [0.15, 0.2) is 79.1 Å². The standard InChI is InChI=1S/C20H16FN5OS/c21-16-8-10-17(11-9-16)22-18(27)14-25-20(28)26(24-12-4-5-13-24)19(23-25)15-6-2-1-3-7-15/h1-13H,14H2,(H,22,27). The number of amides is 1. The summed E-state index contributed by atoms with van der Waals surface area (Å²) in [6.45, 7) is -0.0652. The van der Waals surface area contributed by atoms with Crippen LogP contribution < -0.4 is 5.32 Å². The molecule has 0 saturated carbocycles. The summed E-state index contributed by atoms with van der Waals surface area (Å²) in [7, 11) is 0. The van der Waals surface area contributed by atoms with Crippen LogP contribution in [0.2, 0.25) is 0 Å². The minimum absolute atomic E-state index is 0.0652. The number of rotatable bonds is 5. The molecule has 4 aromatic rings. The number of halogens is 1. The molecule has 0 saturated heterocycles. The van der Waals surface area contributed by atoms with Gasteiger partial charge in [0, 0.05) is 23.6 Å². The van der Waals surface area contributed by atoms with Gasteiger partial charge in [-0.15, -0.1) is 5.10 Å². The van der Waals surface area contributed by atoms with Crippen LogP contribution in [0.25, 0.3) is 11.4 Å². The topological polar surface area (TPSA) is 56.8 Å². The second-order valence-corrected chi connectivity index (χ2v) is 6.42. The molecule has 8 heteroatoms. The zero-order valence-corrected chi connectivity index (χ0v) is 15.5. The molecule has 2 aromatic heterocycles. The van der Waals surface area contributed by atoms with Crippen molar-refractivity contribution in [3.8, 4) is 11.4 Å². The first-order chi connectivity index (χ1) is 13.6. The zero-order valence-electron chi connectivity index (χ0n) is 14.7. The van der Waals surface area contributed by atoms with E-state index >= 15 is 0 Å². The van der Waals surface area contributed by atoms with Gasteiger partial charge in [-0.25, -0.2) is 13.7 Å². The van der Waals surface area contributed by atoms with Gasteiger partial charge in [0.25, 0.3) is 0 Å². The zero-order chi connectivity index (χ0) is 19.5. The van der Waals surface area contributed by atoms with Gasteiger partial charge in [-0.05, 0) is 48.6 Å². The predicted octanol–water partition coefficient (Wildman–Crippen LogP) is 3.97. The van der Waals surface area contributed by atoms with E-state index in [9.17, 15) is 9.18 Å². The summed E-state index contributed by atoms with van der Waals surface area (Å²) in [6.07, 6.45) is 3.71. The van der Waals surface area contributed by atoms with Gasteiger partial charge in [0.05, 0.1) is 0 Å². The molecule has 0 fully saturated rings. The van der Waals surface area contributed by atoms with E-state index in [1.54, 1.807) is 4.68 Å². The molecule has 0 aliphatic carbocycles. The smallest absolute Gasteiger partial charge is 0.246 e. The highest BCUT2D eigenvalue weighted by Crippen LogP contribution is 2.18. The lowest BCUT2D eigenvalue weighted by molar-refractivity contribution is -0.116. The lowest BCUT2D eigenvalue weighted by Gasteiger charge is -2.07. The minimum atomic E-state index is -0.363. The van der Waals surface area contributed by atoms with Crippen LogP contribution in [-0.2, 0) is 11.3 Å². The van der Waals surface area contributed by atoms with E-state index in [1.165, 1.54) is 28.9 Å². The van der Waals surface area contributed by atoms with E-state index in [0.29, 0.717) is 16.3 Å². The highest BCUT2D eigenvalue weighted by atomic mass is 32.1. The van der Waals surface area contributed by atoms with Crippen LogP contribution in [0.3, 0.4) is 0 Å². The minimum Gasteiger partial charge on any atom is -0.324 e. The molecule has 140 valence electrons. The summed E-state index contributed by atoms with van der Waals surface area (Å²) in [5.41, 5.74) is 1.38. The second kappa shape index (κ2) is 7.61.